The van der Waals surface area contributed by atoms with Gasteiger partial charge in [0.1, 0.15) is 0 Å². The molecule has 1 fully saturated rings. The zero-order chi connectivity index (χ0) is 20.3. The van der Waals surface area contributed by atoms with E-state index in [-0.39, 0.29) is 11.2 Å². The van der Waals surface area contributed by atoms with E-state index in [0.29, 0.717) is 23.8 Å². The smallest absolute Gasteiger partial charge is 0.269 e. The number of aromatic nitrogens is 2. The Kier molecular flexibility index (Phi) is 5.60. The lowest BCUT2D eigenvalue weighted by atomic mass is 9.76. The van der Waals surface area contributed by atoms with Crippen molar-refractivity contribution >= 4 is 17.3 Å². The van der Waals surface area contributed by atoms with Gasteiger partial charge in [0.25, 0.3) is 5.69 Å². The Hall–Kier alpha value is -2.77. The minimum atomic E-state index is -0.435. The predicted molar refractivity (Wildman–Crippen MR) is 109 cm³/mol. The van der Waals surface area contributed by atoms with Crippen molar-refractivity contribution in [1.82, 2.24) is 15.5 Å². The number of non-ortho nitro benzene ring substituents is 1. The van der Waals surface area contributed by atoms with Crippen LogP contribution in [-0.4, -0.2) is 15.1 Å². The number of nitrogens with one attached hydrogen (secondary N) is 1. The lowest BCUT2D eigenvalue weighted by Gasteiger charge is -2.38. The molecule has 29 heavy (non-hydrogen) atoms. The second-order valence-electron chi connectivity index (χ2n) is 7.32. The Labute approximate surface area is 173 Å². The van der Waals surface area contributed by atoms with Crippen molar-refractivity contribution < 1.29 is 9.45 Å². The normalized spacial score (nSPS) is 15.9. The van der Waals surface area contributed by atoms with Crippen LogP contribution in [-0.2, 0) is 12.1 Å². The number of nitro groups is 1. The fourth-order valence-corrected chi connectivity index (χ4v) is 4.04. The molecule has 0 bridgehead atoms. The van der Waals surface area contributed by atoms with Crippen molar-refractivity contribution in [3.63, 3.8) is 0 Å². The maximum atomic E-state index is 10.8. The molecule has 0 unspecified atom stereocenters. The maximum absolute atomic E-state index is 10.8. The third kappa shape index (κ3) is 4.31. The first-order valence-corrected chi connectivity index (χ1v) is 10.0. The number of hydrogen-bond donors (Lipinski definition) is 1. The van der Waals surface area contributed by atoms with Crippen molar-refractivity contribution in [1.29, 1.82) is 0 Å². The van der Waals surface area contributed by atoms with Gasteiger partial charge in [0.05, 0.1) is 11.5 Å². The Morgan fingerprint density at radius 1 is 1.07 bits per heavy atom. The van der Waals surface area contributed by atoms with E-state index in [2.05, 4.69) is 27.6 Å². The number of nitro benzene ring substituents is 1. The van der Waals surface area contributed by atoms with Gasteiger partial charge >= 0.3 is 0 Å². The number of halogens is 1. The van der Waals surface area contributed by atoms with Crippen LogP contribution >= 0.6 is 11.6 Å². The molecule has 4 rings (SSSR count). The minimum absolute atomic E-state index is 0.0290. The van der Waals surface area contributed by atoms with Crippen LogP contribution in [0.1, 0.15) is 43.6 Å². The van der Waals surface area contributed by atoms with Gasteiger partial charge in [-0.25, -0.2) is 0 Å². The van der Waals surface area contributed by atoms with Gasteiger partial charge in [0, 0.05) is 28.3 Å². The molecule has 1 saturated carbocycles. The molecule has 0 atom stereocenters. The van der Waals surface area contributed by atoms with Crippen molar-refractivity contribution in [3.8, 4) is 11.4 Å². The average Bonchev–Trinajstić information content (AvgIpc) is 3.23. The quantitative estimate of drug-likeness (QED) is 0.439. The zero-order valence-corrected chi connectivity index (χ0v) is 16.6. The molecule has 7 nitrogen and oxygen atoms in total. The van der Waals surface area contributed by atoms with Gasteiger partial charge in [0.15, 0.2) is 0 Å². The highest BCUT2D eigenvalue weighted by molar-refractivity contribution is 6.30. The molecular formula is C21H21ClN4O3. The van der Waals surface area contributed by atoms with E-state index in [9.17, 15) is 10.1 Å². The van der Waals surface area contributed by atoms with Crippen LogP contribution in [0.15, 0.2) is 53.1 Å². The molecule has 2 aromatic carbocycles. The van der Waals surface area contributed by atoms with E-state index in [1.165, 1.54) is 24.1 Å². The van der Waals surface area contributed by atoms with E-state index in [1.54, 1.807) is 12.1 Å². The first-order chi connectivity index (χ1) is 14.1. The van der Waals surface area contributed by atoms with Crippen LogP contribution in [0.3, 0.4) is 0 Å². The second-order valence-corrected chi connectivity index (χ2v) is 7.76. The SMILES string of the molecule is O=[N+]([O-])c1ccc(-c2noc(CNC3(c4ccc(Cl)cc4)CCCCC3)n2)cc1. The van der Waals surface area contributed by atoms with Crippen LogP contribution in [0.25, 0.3) is 11.4 Å². The fraction of sp³-hybridized carbons (Fsp3) is 0.333. The molecule has 1 heterocycles. The molecule has 8 heteroatoms. The maximum Gasteiger partial charge on any atom is 0.269 e. The summed E-state index contributed by atoms with van der Waals surface area (Å²) in [6, 6.07) is 14.1. The molecule has 1 aliphatic carbocycles. The fourth-order valence-electron chi connectivity index (χ4n) is 3.91. The number of benzene rings is 2. The van der Waals surface area contributed by atoms with Gasteiger partial charge in [0.2, 0.25) is 11.7 Å². The monoisotopic (exact) mass is 412 g/mol. The lowest BCUT2D eigenvalue weighted by Crippen LogP contribution is -2.43. The van der Waals surface area contributed by atoms with E-state index < -0.39 is 4.92 Å². The van der Waals surface area contributed by atoms with Crippen LogP contribution < -0.4 is 5.32 Å². The third-order valence-corrected chi connectivity index (χ3v) is 5.74. The first-order valence-electron chi connectivity index (χ1n) is 9.64. The van der Waals surface area contributed by atoms with E-state index in [0.717, 1.165) is 30.7 Å². The molecule has 150 valence electrons. The van der Waals surface area contributed by atoms with Crippen LogP contribution in [0, 0.1) is 10.1 Å². The second kappa shape index (κ2) is 8.31. The van der Waals surface area contributed by atoms with Crippen molar-refractivity contribution in [2.75, 3.05) is 0 Å². The van der Waals surface area contributed by atoms with E-state index in [1.807, 2.05) is 12.1 Å². The molecule has 0 aliphatic heterocycles. The summed E-state index contributed by atoms with van der Waals surface area (Å²) >= 11 is 6.07. The molecule has 3 aromatic rings. The summed E-state index contributed by atoms with van der Waals surface area (Å²) in [5.41, 5.74) is 1.79. The molecule has 0 amide bonds. The van der Waals surface area contributed by atoms with Gasteiger partial charge in [-0.15, -0.1) is 0 Å². The molecule has 1 aromatic heterocycles. The van der Waals surface area contributed by atoms with Crippen LogP contribution in [0.2, 0.25) is 5.02 Å². The number of hydrogen-bond acceptors (Lipinski definition) is 6. The predicted octanol–water partition coefficient (Wildman–Crippen LogP) is 5.25. The highest BCUT2D eigenvalue weighted by atomic mass is 35.5. The lowest BCUT2D eigenvalue weighted by molar-refractivity contribution is -0.384. The van der Waals surface area contributed by atoms with Crippen LogP contribution in [0.5, 0.6) is 0 Å². The largest absolute Gasteiger partial charge is 0.338 e. The van der Waals surface area contributed by atoms with E-state index >= 15 is 0 Å². The number of nitrogens with zero attached hydrogens (tertiary/aromatic N) is 3. The molecule has 0 spiro atoms. The Morgan fingerprint density at radius 3 is 2.41 bits per heavy atom. The topological polar surface area (TPSA) is 94.1 Å². The molecule has 0 saturated heterocycles. The Bertz CT molecular complexity index is 980. The average molecular weight is 413 g/mol. The zero-order valence-electron chi connectivity index (χ0n) is 15.8. The first kappa shape index (κ1) is 19.5. The van der Waals surface area contributed by atoms with Crippen molar-refractivity contribution in [3.05, 3.63) is 75.1 Å². The third-order valence-electron chi connectivity index (χ3n) is 5.49. The summed E-state index contributed by atoms with van der Waals surface area (Å²) in [5.74, 6) is 0.901. The Balaban J connectivity index is 1.50. The highest BCUT2D eigenvalue weighted by Gasteiger charge is 2.33. The van der Waals surface area contributed by atoms with Gasteiger partial charge in [-0.1, -0.05) is 48.2 Å². The van der Waals surface area contributed by atoms with Crippen molar-refractivity contribution in [2.45, 2.75) is 44.2 Å². The molecule has 1 aliphatic rings. The number of rotatable bonds is 6. The van der Waals surface area contributed by atoms with Crippen LogP contribution in [0.4, 0.5) is 5.69 Å². The molecular weight excluding hydrogens is 392 g/mol. The summed E-state index contributed by atoms with van der Waals surface area (Å²) in [6.45, 7) is 0.447. The van der Waals surface area contributed by atoms with Gasteiger partial charge in [-0.05, 0) is 42.7 Å². The minimum Gasteiger partial charge on any atom is -0.338 e. The van der Waals surface area contributed by atoms with E-state index in [4.69, 9.17) is 16.1 Å². The molecule has 1 N–H and O–H groups in total. The summed E-state index contributed by atoms with van der Waals surface area (Å²) in [5, 5.41) is 19.2. The van der Waals surface area contributed by atoms with Gasteiger partial charge in [-0.3, -0.25) is 15.4 Å². The summed E-state index contributed by atoms with van der Waals surface area (Å²) < 4.78 is 5.41. The summed E-state index contributed by atoms with van der Waals surface area (Å²) in [6.07, 6.45) is 5.64. The summed E-state index contributed by atoms with van der Waals surface area (Å²) in [4.78, 5) is 14.8. The highest BCUT2D eigenvalue weighted by Crippen LogP contribution is 2.37. The summed E-state index contributed by atoms with van der Waals surface area (Å²) in [7, 11) is 0. The van der Waals surface area contributed by atoms with Gasteiger partial charge < -0.3 is 4.52 Å². The standard InChI is InChI=1S/C21H21ClN4O3/c22-17-8-6-16(7-9-17)21(12-2-1-3-13-21)23-14-19-24-20(25-29-19)15-4-10-18(11-5-15)26(27)28/h4-11,23H,1-3,12-14H2. The van der Waals surface area contributed by atoms with Crippen molar-refractivity contribution in [2.24, 2.45) is 0 Å². The Morgan fingerprint density at radius 2 is 1.76 bits per heavy atom. The van der Waals surface area contributed by atoms with Gasteiger partial charge in [-0.2, -0.15) is 4.98 Å². The molecule has 0 radical (unpaired) electrons.